The van der Waals surface area contributed by atoms with Crippen LogP contribution >= 0.6 is 0 Å². The molecule has 0 aliphatic rings. The van der Waals surface area contributed by atoms with Gasteiger partial charge in [-0.05, 0) is 14.0 Å². The van der Waals surface area contributed by atoms with Crippen molar-refractivity contribution in [3.05, 3.63) is 17.6 Å². The summed E-state index contributed by atoms with van der Waals surface area (Å²) in [6, 6.07) is 0. The molecule has 0 spiro atoms. The van der Waals surface area contributed by atoms with Crippen LogP contribution in [0.2, 0.25) is 0 Å². The molecule has 14 heavy (non-hydrogen) atoms. The molecule has 0 atom stereocenters. The summed E-state index contributed by atoms with van der Waals surface area (Å²) in [5.41, 5.74) is 0.979. The molecule has 0 radical (unpaired) electrons. The second-order valence-electron chi connectivity index (χ2n) is 2.80. The number of nitrogens with zero attached hydrogens (tertiary/aromatic N) is 2. The zero-order valence-electron chi connectivity index (χ0n) is 8.50. The molecule has 1 rings (SSSR count). The highest BCUT2D eigenvalue weighted by molar-refractivity contribution is 5.95. The maximum atomic E-state index is 11.4. The minimum Gasteiger partial charge on any atom is -0.480 e. The molecular formula is C9H13N3O2. The molecule has 0 unspecified atom stereocenters. The Hall–Kier alpha value is -1.49. The van der Waals surface area contributed by atoms with Crippen LogP contribution in [0.15, 0.2) is 6.20 Å². The normalized spacial score (nSPS) is 9.93. The summed E-state index contributed by atoms with van der Waals surface area (Å²) in [5, 5.41) is 2.77. The Morgan fingerprint density at radius 1 is 1.64 bits per heavy atom. The van der Waals surface area contributed by atoms with Crippen molar-refractivity contribution in [3.63, 3.8) is 0 Å². The molecule has 0 aliphatic heterocycles. The zero-order valence-corrected chi connectivity index (χ0v) is 8.50. The third-order valence-corrected chi connectivity index (χ3v) is 1.72. The van der Waals surface area contributed by atoms with E-state index in [1.807, 2.05) is 0 Å². The van der Waals surface area contributed by atoms with E-state index >= 15 is 0 Å². The van der Waals surface area contributed by atoms with E-state index < -0.39 is 0 Å². The third kappa shape index (κ3) is 2.26. The first kappa shape index (κ1) is 10.6. The number of hydrogen-bond donors (Lipinski definition) is 1. The lowest BCUT2D eigenvalue weighted by molar-refractivity contribution is 0.0988. The van der Waals surface area contributed by atoms with Gasteiger partial charge in [-0.15, -0.1) is 0 Å². The van der Waals surface area contributed by atoms with Crippen molar-refractivity contribution in [1.29, 1.82) is 0 Å². The fraction of sp³-hybridized carbons (Fsp3) is 0.444. The Labute approximate surface area is 82.5 Å². The first-order chi connectivity index (χ1) is 6.69. The zero-order chi connectivity index (χ0) is 10.6. The number of nitrogens with one attached hydrogen (secondary N) is 1. The van der Waals surface area contributed by atoms with Crippen LogP contribution < -0.4 is 10.1 Å². The lowest BCUT2D eigenvalue weighted by atomic mass is 10.3. The fourth-order valence-corrected chi connectivity index (χ4v) is 1.06. The van der Waals surface area contributed by atoms with Crippen LogP contribution in [0.3, 0.4) is 0 Å². The highest BCUT2D eigenvalue weighted by Crippen LogP contribution is 2.10. The maximum Gasteiger partial charge on any atom is 0.235 e. The Bertz CT molecular complexity index is 339. The molecule has 76 valence electrons. The Balaban J connectivity index is 2.91. The topological polar surface area (TPSA) is 64.1 Å². The maximum absolute atomic E-state index is 11.4. The summed E-state index contributed by atoms with van der Waals surface area (Å²) in [6.45, 7) is 2.02. The Morgan fingerprint density at radius 3 is 2.86 bits per heavy atom. The van der Waals surface area contributed by atoms with Gasteiger partial charge in [0.1, 0.15) is 11.4 Å². The lowest BCUT2D eigenvalue weighted by Crippen LogP contribution is -2.20. The molecule has 0 aliphatic carbocycles. The van der Waals surface area contributed by atoms with Crippen molar-refractivity contribution in [3.8, 4) is 5.88 Å². The molecule has 0 amide bonds. The predicted octanol–water partition coefficient (Wildman–Crippen LogP) is 0.196. The van der Waals surface area contributed by atoms with E-state index in [1.165, 1.54) is 13.3 Å². The van der Waals surface area contributed by atoms with Crippen molar-refractivity contribution < 1.29 is 9.53 Å². The average Bonchev–Trinajstić information content (AvgIpc) is 2.18. The summed E-state index contributed by atoms with van der Waals surface area (Å²) in [5.74, 6) is 0.372. The summed E-state index contributed by atoms with van der Waals surface area (Å²) in [6.07, 6.45) is 1.42. The quantitative estimate of drug-likeness (QED) is 0.695. The van der Waals surface area contributed by atoms with Gasteiger partial charge in [0.2, 0.25) is 5.88 Å². The van der Waals surface area contributed by atoms with Gasteiger partial charge < -0.3 is 10.1 Å². The van der Waals surface area contributed by atoms with E-state index in [2.05, 4.69) is 15.3 Å². The SMILES string of the molecule is CNCC(=O)c1cnc(OC)c(C)n1. The molecule has 0 fully saturated rings. The van der Waals surface area contributed by atoms with Gasteiger partial charge in [0, 0.05) is 0 Å². The summed E-state index contributed by atoms with van der Waals surface area (Å²) >= 11 is 0. The van der Waals surface area contributed by atoms with Crippen LogP contribution in [0.4, 0.5) is 0 Å². The van der Waals surface area contributed by atoms with Crippen LogP contribution in [0.25, 0.3) is 0 Å². The van der Waals surface area contributed by atoms with Gasteiger partial charge in [-0.2, -0.15) is 0 Å². The average molecular weight is 195 g/mol. The number of carbonyl (C=O) groups is 1. The van der Waals surface area contributed by atoms with Crippen molar-refractivity contribution in [2.24, 2.45) is 0 Å². The van der Waals surface area contributed by atoms with E-state index in [4.69, 9.17) is 4.74 Å². The van der Waals surface area contributed by atoms with Gasteiger partial charge in [-0.3, -0.25) is 4.79 Å². The number of likely N-dealkylation sites (N-methyl/N-ethyl adjacent to an activating group) is 1. The van der Waals surface area contributed by atoms with Crippen LogP contribution in [0.1, 0.15) is 16.2 Å². The second kappa shape index (κ2) is 4.66. The number of Topliss-reactive ketones (excluding diaryl/α,β-unsaturated/α-hetero) is 1. The van der Waals surface area contributed by atoms with Gasteiger partial charge >= 0.3 is 0 Å². The van der Waals surface area contributed by atoms with Gasteiger partial charge in [0.15, 0.2) is 5.78 Å². The first-order valence-corrected chi connectivity index (χ1v) is 4.24. The monoisotopic (exact) mass is 195 g/mol. The summed E-state index contributed by atoms with van der Waals surface area (Å²) < 4.78 is 4.94. The molecule has 1 aromatic rings. The van der Waals surface area contributed by atoms with Crippen molar-refractivity contribution in [2.75, 3.05) is 20.7 Å². The van der Waals surface area contributed by atoms with E-state index in [0.717, 1.165) is 0 Å². The molecule has 0 saturated heterocycles. The molecule has 0 saturated carbocycles. The summed E-state index contributed by atoms with van der Waals surface area (Å²) in [7, 11) is 3.23. The van der Waals surface area contributed by atoms with Crippen LogP contribution in [-0.4, -0.2) is 36.5 Å². The van der Waals surface area contributed by atoms with Crippen LogP contribution in [0.5, 0.6) is 5.88 Å². The van der Waals surface area contributed by atoms with Crippen molar-refractivity contribution >= 4 is 5.78 Å². The van der Waals surface area contributed by atoms with E-state index in [9.17, 15) is 4.79 Å². The molecule has 0 bridgehead atoms. The number of hydrogen-bond acceptors (Lipinski definition) is 5. The van der Waals surface area contributed by atoms with Gasteiger partial charge in [0.25, 0.3) is 0 Å². The molecule has 1 aromatic heterocycles. The Morgan fingerprint density at radius 2 is 2.36 bits per heavy atom. The molecule has 5 nitrogen and oxygen atoms in total. The van der Waals surface area contributed by atoms with E-state index in [-0.39, 0.29) is 12.3 Å². The fourth-order valence-electron chi connectivity index (χ4n) is 1.06. The number of methoxy groups -OCH3 is 1. The standard InChI is InChI=1S/C9H13N3O2/c1-6-9(14-3)11-4-7(12-6)8(13)5-10-2/h4,10H,5H2,1-3H3. The molecule has 1 heterocycles. The largest absolute Gasteiger partial charge is 0.480 e. The predicted molar refractivity (Wildman–Crippen MR) is 51.6 cm³/mol. The Kier molecular flexibility index (Phi) is 3.53. The van der Waals surface area contributed by atoms with Crippen LogP contribution in [0, 0.1) is 6.92 Å². The molecule has 1 N–H and O–H groups in total. The van der Waals surface area contributed by atoms with Crippen molar-refractivity contribution in [2.45, 2.75) is 6.92 Å². The summed E-state index contributed by atoms with van der Waals surface area (Å²) in [4.78, 5) is 19.4. The number of aromatic nitrogens is 2. The lowest BCUT2D eigenvalue weighted by Gasteiger charge is -2.04. The van der Waals surface area contributed by atoms with Crippen molar-refractivity contribution in [1.82, 2.24) is 15.3 Å². The van der Waals surface area contributed by atoms with E-state index in [0.29, 0.717) is 17.3 Å². The van der Waals surface area contributed by atoms with Gasteiger partial charge in [0.05, 0.1) is 19.9 Å². The number of rotatable bonds is 4. The smallest absolute Gasteiger partial charge is 0.235 e. The minimum absolute atomic E-state index is 0.0780. The van der Waals surface area contributed by atoms with E-state index in [1.54, 1.807) is 14.0 Å². The first-order valence-electron chi connectivity index (χ1n) is 4.24. The molecule has 5 heteroatoms. The third-order valence-electron chi connectivity index (χ3n) is 1.72. The molecular weight excluding hydrogens is 182 g/mol. The molecule has 0 aromatic carbocycles. The van der Waals surface area contributed by atoms with Gasteiger partial charge in [-0.25, -0.2) is 9.97 Å². The van der Waals surface area contributed by atoms with Crippen LogP contribution in [-0.2, 0) is 0 Å². The number of ether oxygens (including phenoxy) is 1. The number of ketones is 1. The second-order valence-corrected chi connectivity index (χ2v) is 2.80. The number of carbonyl (C=O) groups excluding carboxylic acids is 1. The highest BCUT2D eigenvalue weighted by Gasteiger charge is 2.09. The number of aryl methyl sites for hydroxylation is 1. The minimum atomic E-state index is -0.0780. The highest BCUT2D eigenvalue weighted by atomic mass is 16.5. The van der Waals surface area contributed by atoms with Gasteiger partial charge in [-0.1, -0.05) is 0 Å².